The molecular formula is C26H22FN5O2. The Bertz CT molecular complexity index is 1380. The third kappa shape index (κ3) is 3.61. The van der Waals surface area contributed by atoms with Crippen LogP contribution in [-0.2, 0) is 9.59 Å². The molecule has 6 rings (SSSR count). The van der Waals surface area contributed by atoms with Gasteiger partial charge in [0.25, 0.3) is 0 Å². The minimum Gasteiger partial charge on any atom is -0.350 e. The average Bonchev–Trinajstić information content (AvgIpc) is 3.55. The van der Waals surface area contributed by atoms with Gasteiger partial charge < -0.3 is 10.2 Å². The standard InChI is InChI=1S/C26H22FN5O2/c27-18-8-10-19(11-9-18)32-23-13-12-20(14-21(23)29-30-32)31-24(33)15-22(28-26(34)17-6-7-17)25(31)16-4-2-1-3-5-16/h1-5,8-14,17,22,25H,6-7,15H2,(H,28,34)/t22-,25+/m0/s1. The number of aromatic nitrogens is 3. The summed E-state index contributed by atoms with van der Waals surface area (Å²) in [5.74, 6) is -0.282. The van der Waals surface area contributed by atoms with Gasteiger partial charge in [-0.3, -0.25) is 9.59 Å². The Kier molecular flexibility index (Phi) is 4.86. The Balaban J connectivity index is 1.37. The van der Waals surface area contributed by atoms with Crippen molar-refractivity contribution in [3.63, 3.8) is 0 Å². The summed E-state index contributed by atoms with van der Waals surface area (Å²) in [6.07, 6.45) is 2.05. The number of carbonyl (C=O) groups is 2. The highest BCUT2D eigenvalue weighted by Gasteiger charge is 2.44. The minimum absolute atomic E-state index is 0.0262. The highest BCUT2D eigenvalue weighted by atomic mass is 19.1. The Morgan fingerprint density at radius 1 is 0.971 bits per heavy atom. The molecule has 0 radical (unpaired) electrons. The van der Waals surface area contributed by atoms with Crippen molar-refractivity contribution in [2.24, 2.45) is 5.92 Å². The van der Waals surface area contributed by atoms with E-state index in [4.69, 9.17) is 0 Å². The van der Waals surface area contributed by atoms with Crippen LogP contribution >= 0.6 is 0 Å². The van der Waals surface area contributed by atoms with E-state index in [2.05, 4.69) is 15.6 Å². The van der Waals surface area contributed by atoms with Crippen LogP contribution in [0.1, 0.15) is 30.9 Å². The molecular weight excluding hydrogens is 433 g/mol. The Morgan fingerprint density at radius 2 is 1.71 bits per heavy atom. The van der Waals surface area contributed by atoms with E-state index in [-0.39, 0.29) is 42.1 Å². The molecule has 1 aliphatic carbocycles. The van der Waals surface area contributed by atoms with Crippen LogP contribution in [0.25, 0.3) is 16.7 Å². The molecule has 4 aromatic rings. The molecule has 170 valence electrons. The Hall–Kier alpha value is -4.07. The van der Waals surface area contributed by atoms with Gasteiger partial charge in [0.05, 0.1) is 23.3 Å². The fourth-order valence-corrected chi connectivity index (χ4v) is 4.68. The quantitative estimate of drug-likeness (QED) is 0.495. The van der Waals surface area contributed by atoms with E-state index in [0.29, 0.717) is 16.9 Å². The summed E-state index contributed by atoms with van der Waals surface area (Å²) in [6, 6.07) is 20.7. The molecule has 1 N–H and O–H groups in total. The number of amides is 2. The van der Waals surface area contributed by atoms with Gasteiger partial charge in [-0.1, -0.05) is 35.5 Å². The summed E-state index contributed by atoms with van der Waals surface area (Å²) >= 11 is 0. The predicted molar refractivity (Wildman–Crippen MR) is 125 cm³/mol. The van der Waals surface area contributed by atoms with Crippen molar-refractivity contribution in [3.05, 3.63) is 84.2 Å². The van der Waals surface area contributed by atoms with Crippen molar-refractivity contribution >= 4 is 28.5 Å². The lowest BCUT2D eigenvalue weighted by Gasteiger charge is -2.29. The van der Waals surface area contributed by atoms with Crippen LogP contribution in [0.3, 0.4) is 0 Å². The maximum atomic E-state index is 13.3. The number of hydrogen-bond acceptors (Lipinski definition) is 4. The zero-order valence-corrected chi connectivity index (χ0v) is 18.3. The SMILES string of the molecule is O=C(N[C@H]1CC(=O)N(c2ccc3c(c2)nnn3-c2ccc(F)cc2)[C@@H]1c1ccccc1)C1CC1. The summed E-state index contributed by atoms with van der Waals surface area (Å²) in [6.45, 7) is 0. The first-order valence-corrected chi connectivity index (χ1v) is 11.4. The zero-order chi connectivity index (χ0) is 23.2. The molecule has 2 atom stereocenters. The highest BCUT2D eigenvalue weighted by molar-refractivity contribution is 5.99. The van der Waals surface area contributed by atoms with E-state index in [9.17, 15) is 14.0 Å². The lowest BCUT2D eigenvalue weighted by Crippen LogP contribution is -2.40. The third-order valence-electron chi connectivity index (χ3n) is 6.52. The van der Waals surface area contributed by atoms with E-state index >= 15 is 0 Å². The van der Waals surface area contributed by atoms with Gasteiger partial charge in [0, 0.05) is 18.0 Å². The van der Waals surface area contributed by atoms with Gasteiger partial charge in [-0.05, 0) is 60.9 Å². The van der Waals surface area contributed by atoms with Crippen molar-refractivity contribution in [2.45, 2.75) is 31.3 Å². The molecule has 1 saturated heterocycles. The van der Waals surface area contributed by atoms with Crippen molar-refractivity contribution in [1.29, 1.82) is 0 Å². The smallest absolute Gasteiger partial charge is 0.229 e. The van der Waals surface area contributed by atoms with Crippen LogP contribution in [-0.4, -0.2) is 32.9 Å². The lowest BCUT2D eigenvalue weighted by atomic mass is 9.99. The van der Waals surface area contributed by atoms with Gasteiger partial charge in [-0.15, -0.1) is 5.10 Å². The molecule has 2 fully saturated rings. The summed E-state index contributed by atoms with van der Waals surface area (Å²) in [7, 11) is 0. The van der Waals surface area contributed by atoms with Gasteiger partial charge in [0.1, 0.15) is 11.3 Å². The summed E-state index contributed by atoms with van der Waals surface area (Å²) in [5, 5.41) is 11.6. The molecule has 3 aromatic carbocycles. The van der Waals surface area contributed by atoms with Crippen LogP contribution in [0.15, 0.2) is 72.8 Å². The molecule has 7 nitrogen and oxygen atoms in total. The van der Waals surface area contributed by atoms with E-state index in [1.807, 2.05) is 48.5 Å². The number of nitrogens with zero attached hydrogens (tertiary/aromatic N) is 4. The second-order valence-corrected chi connectivity index (χ2v) is 8.86. The van der Waals surface area contributed by atoms with Crippen molar-refractivity contribution < 1.29 is 14.0 Å². The van der Waals surface area contributed by atoms with Gasteiger partial charge in [0.2, 0.25) is 11.8 Å². The zero-order valence-electron chi connectivity index (χ0n) is 18.3. The number of fused-ring (bicyclic) bond motifs is 1. The fraction of sp³-hybridized carbons (Fsp3) is 0.231. The maximum absolute atomic E-state index is 13.3. The van der Waals surface area contributed by atoms with Crippen LogP contribution in [0.5, 0.6) is 0 Å². The second kappa shape index (κ2) is 8.06. The van der Waals surface area contributed by atoms with Crippen molar-refractivity contribution in [2.75, 3.05) is 4.90 Å². The molecule has 0 unspecified atom stereocenters. The van der Waals surface area contributed by atoms with E-state index in [1.54, 1.807) is 21.7 Å². The highest BCUT2D eigenvalue weighted by Crippen LogP contribution is 2.39. The molecule has 1 aromatic heterocycles. The van der Waals surface area contributed by atoms with Crippen LogP contribution in [0, 0.1) is 11.7 Å². The maximum Gasteiger partial charge on any atom is 0.229 e. The first-order chi connectivity index (χ1) is 16.6. The Labute approximate surface area is 195 Å². The van der Waals surface area contributed by atoms with Crippen LogP contribution in [0.2, 0.25) is 0 Å². The molecule has 0 spiro atoms. The number of hydrogen-bond donors (Lipinski definition) is 1. The molecule has 2 heterocycles. The number of nitrogens with one attached hydrogen (secondary N) is 1. The van der Waals surface area contributed by atoms with Gasteiger partial charge in [-0.2, -0.15) is 0 Å². The number of carbonyl (C=O) groups excluding carboxylic acids is 2. The first-order valence-electron chi connectivity index (χ1n) is 11.4. The van der Waals surface area contributed by atoms with E-state index in [0.717, 1.165) is 23.9 Å². The van der Waals surface area contributed by atoms with Crippen molar-refractivity contribution in [3.8, 4) is 5.69 Å². The second-order valence-electron chi connectivity index (χ2n) is 8.86. The molecule has 0 bridgehead atoms. The first kappa shape index (κ1) is 20.5. The molecule has 1 saturated carbocycles. The van der Waals surface area contributed by atoms with E-state index in [1.165, 1.54) is 12.1 Å². The number of halogens is 1. The van der Waals surface area contributed by atoms with E-state index < -0.39 is 0 Å². The van der Waals surface area contributed by atoms with Gasteiger partial charge in [-0.25, -0.2) is 9.07 Å². The summed E-state index contributed by atoms with van der Waals surface area (Å²) in [4.78, 5) is 27.5. The average molecular weight is 455 g/mol. The predicted octanol–water partition coefficient (Wildman–Crippen LogP) is 3.93. The number of rotatable bonds is 5. The summed E-state index contributed by atoms with van der Waals surface area (Å²) < 4.78 is 15.0. The third-order valence-corrected chi connectivity index (χ3v) is 6.52. The molecule has 2 amide bonds. The monoisotopic (exact) mass is 455 g/mol. The molecule has 1 aliphatic heterocycles. The van der Waals surface area contributed by atoms with Gasteiger partial charge in [0.15, 0.2) is 0 Å². The normalized spacial score (nSPS) is 20.1. The minimum atomic E-state index is -0.321. The topological polar surface area (TPSA) is 80.1 Å². The lowest BCUT2D eigenvalue weighted by molar-refractivity contribution is -0.123. The molecule has 8 heteroatoms. The molecule has 2 aliphatic rings. The van der Waals surface area contributed by atoms with Crippen molar-refractivity contribution in [1.82, 2.24) is 20.3 Å². The van der Waals surface area contributed by atoms with Crippen LogP contribution < -0.4 is 10.2 Å². The molecule has 34 heavy (non-hydrogen) atoms. The largest absolute Gasteiger partial charge is 0.350 e. The number of benzene rings is 3. The van der Waals surface area contributed by atoms with Crippen LogP contribution in [0.4, 0.5) is 10.1 Å². The van der Waals surface area contributed by atoms with Gasteiger partial charge >= 0.3 is 0 Å². The fourth-order valence-electron chi connectivity index (χ4n) is 4.68. The number of anilines is 1. The summed E-state index contributed by atoms with van der Waals surface area (Å²) in [5.41, 5.74) is 3.72. The Morgan fingerprint density at radius 3 is 2.44 bits per heavy atom.